The normalized spacial score (nSPS) is 26.3. The Labute approximate surface area is 111 Å². The molecule has 1 aliphatic rings. The Kier molecular flexibility index (Phi) is 4.43. The van der Waals surface area contributed by atoms with Gasteiger partial charge >= 0.3 is 7.12 Å². The maximum absolute atomic E-state index is 6.45. The monoisotopic (exact) mass is 278 g/mol. The summed E-state index contributed by atoms with van der Waals surface area (Å²) < 4.78 is 17.6. The summed E-state index contributed by atoms with van der Waals surface area (Å²) in [6, 6.07) is 0. The summed E-state index contributed by atoms with van der Waals surface area (Å²) in [5.41, 5.74) is -0.590. The lowest BCUT2D eigenvalue weighted by molar-refractivity contribution is 0.00578. The SMILES string of the molecule is CC(C)O[Si](C)(Cl)CB1OC(C)(C)C(C)(C)O1. The topological polar surface area (TPSA) is 27.7 Å². The average Bonchev–Trinajstić information content (AvgIpc) is 2.13. The first-order valence-corrected chi connectivity index (χ1v) is 9.80. The van der Waals surface area contributed by atoms with Gasteiger partial charge in [-0.3, -0.25) is 0 Å². The van der Waals surface area contributed by atoms with Crippen LogP contribution >= 0.6 is 11.1 Å². The molecule has 0 saturated carbocycles. The van der Waals surface area contributed by atoms with Crippen LogP contribution in [0.3, 0.4) is 0 Å². The highest BCUT2D eigenvalue weighted by atomic mass is 35.6. The van der Waals surface area contributed by atoms with Crippen LogP contribution in [0.2, 0.25) is 12.5 Å². The van der Waals surface area contributed by atoms with E-state index in [1.165, 1.54) is 0 Å². The molecule has 1 fully saturated rings. The lowest BCUT2D eigenvalue weighted by atomic mass is 9.90. The number of hydrogen-bond donors (Lipinski definition) is 0. The van der Waals surface area contributed by atoms with Crippen LogP contribution in [0, 0.1) is 0 Å². The molecule has 17 heavy (non-hydrogen) atoms. The molecule has 1 rings (SSSR count). The van der Waals surface area contributed by atoms with Crippen LogP contribution in [0.5, 0.6) is 0 Å². The van der Waals surface area contributed by atoms with E-state index in [1.807, 2.05) is 48.1 Å². The van der Waals surface area contributed by atoms with Crippen LogP contribution in [0.1, 0.15) is 41.5 Å². The molecule has 0 amide bonds. The standard InChI is InChI=1S/C11H24BClO3Si/c1-9(2)14-17(7,13)8-12-15-10(3,4)11(5,6)16-12/h9H,8H2,1-7H3. The van der Waals surface area contributed by atoms with Crippen LogP contribution in [0.4, 0.5) is 0 Å². The summed E-state index contributed by atoms with van der Waals surface area (Å²) in [6.07, 6.45) is 0.145. The van der Waals surface area contributed by atoms with Gasteiger partial charge in [-0.2, -0.15) is 0 Å². The van der Waals surface area contributed by atoms with Gasteiger partial charge in [-0.1, -0.05) is 0 Å². The Morgan fingerprint density at radius 2 is 1.59 bits per heavy atom. The highest BCUT2D eigenvalue weighted by molar-refractivity contribution is 7.18. The van der Waals surface area contributed by atoms with Crippen molar-refractivity contribution in [2.45, 2.75) is 71.3 Å². The number of halogens is 1. The second kappa shape index (κ2) is 4.85. The Morgan fingerprint density at radius 1 is 1.18 bits per heavy atom. The zero-order valence-corrected chi connectivity index (χ0v) is 13.7. The second-order valence-electron chi connectivity index (χ2n) is 6.16. The van der Waals surface area contributed by atoms with Gasteiger partial charge in [-0.25, -0.2) is 0 Å². The Balaban J connectivity index is 2.61. The molecule has 0 aromatic carbocycles. The van der Waals surface area contributed by atoms with Crippen molar-refractivity contribution in [1.82, 2.24) is 0 Å². The molecular weight excluding hydrogens is 254 g/mol. The van der Waals surface area contributed by atoms with Gasteiger partial charge in [0.2, 0.25) is 0 Å². The van der Waals surface area contributed by atoms with E-state index in [0.29, 0.717) is 5.94 Å². The molecule has 0 bridgehead atoms. The third-order valence-electron chi connectivity index (χ3n) is 3.31. The second-order valence-corrected chi connectivity index (χ2v) is 11.4. The van der Waals surface area contributed by atoms with Gasteiger partial charge in [-0.15, -0.1) is 11.1 Å². The summed E-state index contributed by atoms with van der Waals surface area (Å²) in [5.74, 6) is 0.652. The highest BCUT2D eigenvalue weighted by Gasteiger charge is 2.53. The maximum atomic E-state index is 6.45. The number of hydrogen-bond acceptors (Lipinski definition) is 3. The van der Waals surface area contributed by atoms with Gasteiger partial charge in [0.25, 0.3) is 7.63 Å². The molecule has 0 spiro atoms. The van der Waals surface area contributed by atoms with Crippen molar-refractivity contribution in [2.75, 3.05) is 0 Å². The van der Waals surface area contributed by atoms with Crippen LogP contribution in [-0.4, -0.2) is 32.1 Å². The van der Waals surface area contributed by atoms with Crippen molar-refractivity contribution in [1.29, 1.82) is 0 Å². The molecule has 6 heteroatoms. The largest absolute Gasteiger partial charge is 0.458 e. The van der Waals surface area contributed by atoms with Gasteiger partial charge in [0, 0.05) is 12.0 Å². The van der Waals surface area contributed by atoms with E-state index in [2.05, 4.69) is 0 Å². The molecule has 0 aromatic heterocycles. The Hall–Kier alpha value is 0.452. The zero-order valence-electron chi connectivity index (χ0n) is 12.0. The van der Waals surface area contributed by atoms with E-state index in [1.54, 1.807) is 0 Å². The van der Waals surface area contributed by atoms with Gasteiger partial charge in [-0.05, 0) is 48.1 Å². The van der Waals surface area contributed by atoms with Crippen molar-refractivity contribution in [2.24, 2.45) is 0 Å². The van der Waals surface area contributed by atoms with Crippen molar-refractivity contribution >= 4 is 25.8 Å². The molecule has 0 N–H and O–H groups in total. The minimum Gasteiger partial charge on any atom is -0.403 e. The van der Waals surface area contributed by atoms with Crippen molar-refractivity contribution in [3.63, 3.8) is 0 Å². The smallest absolute Gasteiger partial charge is 0.403 e. The molecule has 100 valence electrons. The average molecular weight is 279 g/mol. The number of rotatable bonds is 4. The first-order chi connectivity index (χ1) is 7.45. The van der Waals surface area contributed by atoms with Gasteiger partial charge in [0.1, 0.15) is 0 Å². The molecule has 0 aromatic rings. The van der Waals surface area contributed by atoms with Crippen molar-refractivity contribution in [3.05, 3.63) is 0 Å². The summed E-state index contributed by atoms with van der Waals surface area (Å²) in [7, 11) is -2.49. The molecular formula is C11H24BClO3Si. The predicted molar refractivity (Wildman–Crippen MR) is 74.6 cm³/mol. The first kappa shape index (κ1) is 15.5. The maximum Gasteiger partial charge on any atom is 0.458 e. The Bertz CT molecular complexity index is 266. The summed E-state index contributed by atoms with van der Waals surface area (Å²) >= 11 is 6.45. The van der Waals surface area contributed by atoms with Crippen molar-refractivity contribution < 1.29 is 13.7 Å². The quantitative estimate of drug-likeness (QED) is 0.583. The lowest BCUT2D eigenvalue weighted by Gasteiger charge is -2.32. The summed E-state index contributed by atoms with van der Waals surface area (Å²) in [5, 5.41) is 0. The van der Waals surface area contributed by atoms with E-state index >= 15 is 0 Å². The van der Waals surface area contributed by atoms with E-state index < -0.39 is 7.63 Å². The molecule has 1 saturated heterocycles. The lowest BCUT2D eigenvalue weighted by Crippen LogP contribution is -2.41. The fourth-order valence-electron chi connectivity index (χ4n) is 1.89. The van der Waals surface area contributed by atoms with Crippen LogP contribution < -0.4 is 0 Å². The minimum atomic E-state index is -2.23. The first-order valence-electron chi connectivity index (χ1n) is 6.17. The minimum absolute atomic E-state index is 0.145. The molecule has 3 nitrogen and oxygen atoms in total. The van der Waals surface area contributed by atoms with E-state index in [9.17, 15) is 0 Å². The third kappa shape index (κ3) is 3.96. The third-order valence-corrected chi connectivity index (χ3v) is 6.07. The highest BCUT2D eigenvalue weighted by Crippen LogP contribution is 2.39. The van der Waals surface area contributed by atoms with Crippen molar-refractivity contribution in [3.8, 4) is 0 Å². The fourth-order valence-corrected chi connectivity index (χ4v) is 4.64. The van der Waals surface area contributed by atoms with Crippen LogP contribution in [0.15, 0.2) is 0 Å². The molecule has 1 heterocycles. The van der Waals surface area contributed by atoms with Gasteiger partial charge in [0.15, 0.2) is 0 Å². The Morgan fingerprint density at radius 3 is 1.94 bits per heavy atom. The molecule has 1 aliphatic heterocycles. The predicted octanol–water partition coefficient (Wildman–Crippen LogP) is 3.35. The zero-order chi connectivity index (χ0) is 13.5. The summed E-state index contributed by atoms with van der Waals surface area (Å²) in [6.45, 7) is 14.2. The van der Waals surface area contributed by atoms with E-state index in [-0.39, 0.29) is 24.4 Å². The van der Waals surface area contributed by atoms with Gasteiger partial charge in [0.05, 0.1) is 11.2 Å². The van der Waals surface area contributed by atoms with E-state index in [4.69, 9.17) is 24.8 Å². The van der Waals surface area contributed by atoms with Crippen LogP contribution in [0.25, 0.3) is 0 Å². The summed E-state index contributed by atoms with van der Waals surface area (Å²) in [4.78, 5) is 0. The van der Waals surface area contributed by atoms with E-state index in [0.717, 1.165) is 0 Å². The molecule has 0 radical (unpaired) electrons. The van der Waals surface area contributed by atoms with Gasteiger partial charge < -0.3 is 13.7 Å². The van der Waals surface area contributed by atoms with Crippen LogP contribution in [-0.2, 0) is 13.7 Å². The molecule has 1 unspecified atom stereocenters. The fraction of sp³-hybridized carbons (Fsp3) is 1.00. The molecule has 0 aliphatic carbocycles. The molecule has 1 atom stereocenters.